The van der Waals surface area contributed by atoms with Crippen LogP contribution in [0.3, 0.4) is 0 Å². The van der Waals surface area contributed by atoms with Crippen LogP contribution in [-0.4, -0.2) is 44.3 Å². The first-order valence-electron chi connectivity index (χ1n) is 13.0. The number of rotatable bonds is 11. The monoisotopic (exact) mass is 553 g/mol. The Bertz CT molecular complexity index is 1390. The molecule has 0 aliphatic rings. The van der Waals surface area contributed by atoms with Gasteiger partial charge in [0.1, 0.15) is 18.4 Å². The number of benzene rings is 3. The summed E-state index contributed by atoms with van der Waals surface area (Å²) >= 11 is 0. The van der Waals surface area contributed by atoms with Gasteiger partial charge in [0, 0.05) is 18.7 Å². The molecule has 0 spiro atoms. The molecule has 2 amide bonds. The van der Waals surface area contributed by atoms with Gasteiger partial charge in [-0.25, -0.2) is 12.8 Å². The molecule has 0 aromatic heterocycles. The highest BCUT2D eigenvalue weighted by atomic mass is 32.2. The number of carbonyl (C=O) groups excluding carboxylic acids is 2. The molecule has 1 N–H and O–H groups in total. The van der Waals surface area contributed by atoms with Crippen molar-refractivity contribution in [2.45, 2.75) is 58.0 Å². The first-order chi connectivity index (χ1) is 18.4. The third-order valence-corrected chi connectivity index (χ3v) is 8.34. The van der Waals surface area contributed by atoms with Crippen LogP contribution in [0.15, 0.2) is 77.7 Å². The summed E-state index contributed by atoms with van der Waals surface area (Å²) in [5.74, 6) is -1.35. The molecule has 3 aromatic rings. The Kier molecular flexibility index (Phi) is 9.86. The Morgan fingerprint density at radius 3 is 2.10 bits per heavy atom. The standard InChI is InChI=1S/C30H36FN3O4S/c1-6-32-30(36)23(5)33(19-25-9-7-8-10-28(25)31)29(35)20-34(26-15-13-24(14-16-26)21(2)3)39(37,38)27-17-11-22(4)12-18-27/h7-18,21,23H,6,19-20H2,1-5H3,(H,32,36)/t23-/m1/s1. The Hall–Kier alpha value is -3.72. The van der Waals surface area contributed by atoms with E-state index in [0.717, 1.165) is 15.4 Å². The molecule has 0 aliphatic heterocycles. The number of sulfonamides is 1. The molecule has 7 nitrogen and oxygen atoms in total. The van der Waals surface area contributed by atoms with Crippen molar-refractivity contribution in [3.05, 3.63) is 95.3 Å². The van der Waals surface area contributed by atoms with Crippen molar-refractivity contribution in [3.8, 4) is 0 Å². The molecule has 39 heavy (non-hydrogen) atoms. The number of nitrogens with zero attached hydrogens (tertiary/aromatic N) is 2. The van der Waals surface area contributed by atoms with E-state index < -0.39 is 40.2 Å². The highest BCUT2D eigenvalue weighted by Gasteiger charge is 2.32. The largest absolute Gasteiger partial charge is 0.355 e. The summed E-state index contributed by atoms with van der Waals surface area (Å²) in [6, 6.07) is 18.4. The molecule has 0 saturated carbocycles. The van der Waals surface area contributed by atoms with Gasteiger partial charge in [-0.05, 0) is 62.6 Å². The normalized spacial score (nSPS) is 12.2. The second-order valence-electron chi connectivity index (χ2n) is 9.75. The smallest absolute Gasteiger partial charge is 0.264 e. The van der Waals surface area contributed by atoms with Gasteiger partial charge in [0.15, 0.2) is 0 Å². The van der Waals surface area contributed by atoms with E-state index in [9.17, 15) is 22.4 Å². The van der Waals surface area contributed by atoms with Crippen LogP contribution in [-0.2, 0) is 26.2 Å². The molecule has 9 heteroatoms. The quantitative estimate of drug-likeness (QED) is 0.362. The fourth-order valence-electron chi connectivity index (χ4n) is 4.11. The van der Waals surface area contributed by atoms with Crippen LogP contribution in [0.25, 0.3) is 0 Å². The Morgan fingerprint density at radius 2 is 1.54 bits per heavy atom. The molecular weight excluding hydrogens is 517 g/mol. The van der Waals surface area contributed by atoms with E-state index in [1.54, 1.807) is 44.2 Å². The zero-order valence-electron chi connectivity index (χ0n) is 23.0. The topological polar surface area (TPSA) is 86.8 Å². The fraction of sp³-hybridized carbons (Fsp3) is 0.333. The number of hydrogen-bond donors (Lipinski definition) is 1. The highest BCUT2D eigenvalue weighted by Crippen LogP contribution is 2.27. The van der Waals surface area contributed by atoms with Gasteiger partial charge < -0.3 is 10.2 Å². The summed E-state index contributed by atoms with van der Waals surface area (Å²) in [7, 11) is -4.16. The predicted octanol–water partition coefficient (Wildman–Crippen LogP) is 5.01. The first-order valence-corrected chi connectivity index (χ1v) is 14.4. The summed E-state index contributed by atoms with van der Waals surface area (Å²) in [5.41, 5.74) is 2.44. The van der Waals surface area contributed by atoms with Crippen LogP contribution in [0, 0.1) is 12.7 Å². The summed E-state index contributed by atoms with van der Waals surface area (Å²) in [6.07, 6.45) is 0. The lowest BCUT2D eigenvalue weighted by molar-refractivity contribution is -0.139. The van der Waals surface area contributed by atoms with Crippen LogP contribution in [0.5, 0.6) is 0 Å². The molecule has 0 bridgehead atoms. The van der Waals surface area contributed by atoms with Crippen LogP contribution in [0.2, 0.25) is 0 Å². The van der Waals surface area contributed by atoms with E-state index in [4.69, 9.17) is 0 Å². The zero-order valence-corrected chi connectivity index (χ0v) is 23.8. The van der Waals surface area contributed by atoms with Crippen molar-refractivity contribution in [1.29, 1.82) is 0 Å². The van der Waals surface area contributed by atoms with E-state index in [1.807, 2.05) is 32.9 Å². The number of hydrogen-bond acceptors (Lipinski definition) is 4. The molecule has 208 valence electrons. The summed E-state index contributed by atoms with van der Waals surface area (Å²) in [6.45, 7) is 8.78. The highest BCUT2D eigenvalue weighted by molar-refractivity contribution is 7.92. The van der Waals surface area contributed by atoms with Crippen LogP contribution in [0.1, 0.15) is 50.3 Å². The van der Waals surface area contributed by atoms with Gasteiger partial charge in [0.05, 0.1) is 10.6 Å². The Balaban J connectivity index is 2.05. The Morgan fingerprint density at radius 1 is 0.923 bits per heavy atom. The molecule has 3 rings (SSSR count). The molecule has 0 saturated heterocycles. The fourth-order valence-corrected chi connectivity index (χ4v) is 5.52. The molecule has 0 fully saturated rings. The van der Waals surface area contributed by atoms with Gasteiger partial charge in [-0.1, -0.05) is 61.9 Å². The van der Waals surface area contributed by atoms with Gasteiger partial charge in [-0.2, -0.15) is 0 Å². The third-order valence-electron chi connectivity index (χ3n) is 6.55. The second-order valence-corrected chi connectivity index (χ2v) is 11.6. The zero-order chi connectivity index (χ0) is 28.7. The molecule has 0 radical (unpaired) electrons. The summed E-state index contributed by atoms with van der Waals surface area (Å²) in [4.78, 5) is 27.8. The number of likely N-dealkylation sites (N-methyl/N-ethyl adjacent to an activating group) is 1. The van der Waals surface area contributed by atoms with E-state index in [2.05, 4.69) is 5.32 Å². The maximum Gasteiger partial charge on any atom is 0.264 e. The van der Waals surface area contributed by atoms with Crippen LogP contribution in [0.4, 0.5) is 10.1 Å². The molecule has 3 aromatic carbocycles. The van der Waals surface area contributed by atoms with E-state index in [0.29, 0.717) is 12.2 Å². The molecule has 0 aliphatic carbocycles. The SMILES string of the molecule is CCNC(=O)[C@@H](C)N(Cc1ccccc1F)C(=O)CN(c1ccc(C(C)C)cc1)S(=O)(=O)c1ccc(C)cc1. The maximum absolute atomic E-state index is 14.6. The predicted molar refractivity (Wildman–Crippen MR) is 151 cm³/mol. The average molecular weight is 554 g/mol. The van der Waals surface area contributed by atoms with Crippen molar-refractivity contribution in [2.75, 3.05) is 17.4 Å². The van der Waals surface area contributed by atoms with Gasteiger partial charge in [0.2, 0.25) is 11.8 Å². The van der Waals surface area contributed by atoms with Crippen molar-refractivity contribution in [2.24, 2.45) is 0 Å². The first kappa shape index (κ1) is 29.8. The van der Waals surface area contributed by atoms with Gasteiger partial charge >= 0.3 is 0 Å². The number of anilines is 1. The minimum atomic E-state index is -4.16. The lowest BCUT2D eigenvalue weighted by Crippen LogP contribution is -2.51. The van der Waals surface area contributed by atoms with E-state index in [-0.39, 0.29) is 22.9 Å². The van der Waals surface area contributed by atoms with Gasteiger partial charge in [-0.15, -0.1) is 0 Å². The minimum Gasteiger partial charge on any atom is -0.355 e. The van der Waals surface area contributed by atoms with Crippen molar-refractivity contribution < 1.29 is 22.4 Å². The summed E-state index contributed by atoms with van der Waals surface area (Å²) < 4.78 is 43.3. The maximum atomic E-state index is 14.6. The van der Waals surface area contributed by atoms with Crippen LogP contribution < -0.4 is 9.62 Å². The molecule has 0 heterocycles. The lowest BCUT2D eigenvalue weighted by atomic mass is 10.0. The van der Waals surface area contributed by atoms with E-state index in [1.165, 1.54) is 35.2 Å². The molecule has 1 atom stereocenters. The number of carbonyl (C=O) groups is 2. The number of aryl methyl sites for hydroxylation is 1. The molecular formula is C30H36FN3O4S. The number of halogens is 1. The second kappa shape index (κ2) is 12.9. The van der Waals surface area contributed by atoms with Crippen molar-refractivity contribution >= 4 is 27.5 Å². The van der Waals surface area contributed by atoms with E-state index >= 15 is 0 Å². The lowest BCUT2D eigenvalue weighted by Gasteiger charge is -2.32. The third kappa shape index (κ3) is 7.23. The van der Waals surface area contributed by atoms with Crippen molar-refractivity contribution in [3.63, 3.8) is 0 Å². The number of nitrogens with one attached hydrogen (secondary N) is 1. The van der Waals surface area contributed by atoms with Crippen LogP contribution >= 0.6 is 0 Å². The summed E-state index contributed by atoms with van der Waals surface area (Å²) in [5, 5.41) is 2.69. The van der Waals surface area contributed by atoms with Crippen molar-refractivity contribution in [1.82, 2.24) is 10.2 Å². The van der Waals surface area contributed by atoms with Gasteiger partial charge in [-0.3, -0.25) is 13.9 Å². The number of amides is 2. The van der Waals surface area contributed by atoms with Gasteiger partial charge in [0.25, 0.3) is 10.0 Å². The average Bonchev–Trinajstić information content (AvgIpc) is 2.91. The Labute approximate surface area is 230 Å². The molecule has 0 unspecified atom stereocenters. The minimum absolute atomic E-state index is 0.0336.